The fourth-order valence-corrected chi connectivity index (χ4v) is 1.38. The van der Waals surface area contributed by atoms with Gasteiger partial charge in [-0.1, -0.05) is 0 Å². The smallest absolute Gasteiger partial charge is 0.137 e. The van der Waals surface area contributed by atoms with E-state index in [0.29, 0.717) is 5.75 Å². The SMILES string of the molecule is CC(C)=O.OCC(O)COc1ccc(-c2ncc[nH]2)cc1. The summed E-state index contributed by atoms with van der Waals surface area (Å²) >= 11 is 0. The van der Waals surface area contributed by atoms with E-state index in [2.05, 4.69) is 9.97 Å². The van der Waals surface area contributed by atoms with Crippen molar-refractivity contribution in [2.75, 3.05) is 13.2 Å². The maximum absolute atomic E-state index is 9.44. The third-order valence-corrected chi connectivity index (χ3v) is 2.28. The Hall–Kier alpha value is -2.18. The third kappa shape index (κ3) is 6.69. The molecule has 0 fully saturated rings. The van der Waals surface area contributed by atoms with Gasteiger partial charge in [0.1, 0.15) is 30.1 Å². The number of carbonyl (C=O) groups excluding carboxylic acids is 1. The van der Waals surface area contributed by atoms with Gasteiger partial charge in [-0.25, -0.2) is 4.98 Å². The van der Waals surface area contributed by atoms with Gasteiger partial charge in [0.05, 0.1) is 6.61 Å². The number of Topliss-reactive ketones (excluding diaryl/α,β-unsaturated/α-hetero) is 1. The standard InChI is InChI=1S/C12H14N2O3.C3H6O/c15-7-10(16)8-17-11-3-1-9(2-4-11)12-13-5-6-14-12;1-3(2)4/h1-6,10,15-16H,7-8H2,(H,13,14);1-2H3. The minimum absolute atomic E-state index is 0.0800. The van der Waals surface area contributed by atoms with Gasteiger partial charge in [-0.2, -0.15) is 0 Å². The number of aliphatic hydroxyl groups is 2. The largest absolute Gasteiger partial charge is 0.491 e. The highest BCUT2D eigenvalue weighted by Gasteiger charge is 2.04. The summed E-state index contributed by atoms with van der Waals surface area (Å²) in [7, 11) is 0. The maximum Gasteiger partial charge on any atom is 0.137 e. The number of benzene rings is 1. The predicted octanol–water partition coefficient (Wildman–Crippen LogP) is 1.40. The molecule has 1 unspecified atom stereocenters. The highest BCUT2D eigenvalue weighted by Crippen LogP contribution is 2.19. The lowest BCUT2D eigenvalue weighted by Crippen LogP contribution is -2.21. The van der Waals surface area contributed by atoms with Crippen molar-refractivity contribution in [1.29, 1.82) is 0 Å². The molecule has 0 aliphatic heterocycles. The van der Waals surface area contributed by atoms with E-state index in [-0.39, 0.29) is 19.0 Å². The van der Waals surface area contributed by atoms with Gasteiger partial charge in [-0.05, 0) is 38.1 Å². The zero-order valence-electron chi connectivity index (χ0n) is 12.1. The number of carbonyl (C=O) groups is 1. The molecular formula is C15H20N2O4. The van der Waals surface area contributed by atoms with Crippen LogP contribution in [0.5, 0.6) is 5.75 Å². The van der Waals surface area contributed by atoms with Crippen LogP contribution in [-0.4, -0.2) is 45.3 Å². The molecule has 1 aromatic heterocycles. The number of nitrogens with zero attached hydrogens (tertiary/aromatic N) is 1. The summed E-state index contributed by atoms with van der Waals surface area (Å²) in [6.07, 6.45) is 2.61. The molecule has 1 heterocycles. The van der Waals surface area contributed by atoms with E-state index in [0.717, 1.165) is 11.4 Å². The monoisotopic (exact) mass is 292 g/mol. The van der Waals surface area contributed by atoms with Crippen LogP contribution in [0.2, 0.25) is 0 Å². The van der Waals surface area contributed by atoms with Gasteiger partial charge in [-0.15, -0.1) is 0 Å². The van der Waals surface area contributed by atoms with E-state index in [1.807, 2.05) is 12.1 Å². The van der Waals surface area contributed by atoms with Crippen molar-refractivity contribution in [3.63, 3.8) is 0 Å². The van der Waals surface area contributed by atoms with Crippen LogP contribution in [0.15, 0.2) is 36.7 Å². The van der Waals surface area contributed by atoms with Crippen LogP contribution in [0.4, 0.5) is 0 Å². The molecule has 0 saturated carbocycles. The van der Waals surface area contributed by atoms with Crippen LogP contribution in [-0.2, 0) is 4.79 Å². The average Bonchev–Trinajstić information content (AvgIpc) is 2.99. The summed E-state index contributed by atoms with van der Waals surface area (Å²) in [5.74, 6) is 1.61. The molecule has 114 valence electrons. The van der Waals surface area contributed by atoms with Crippen LogP contribution in [0.25, 0.3) is 11.4 Å². The number of H-pyrrole nitrogens is 1. The van der Waals surface area contributed by atoms with E-state index >= 15 is 0 Å². The highest BCUT2D eigenvalue weighted by molar-refractivity contribution is 5.72. The minimum atomic E-state index is -0.847. The Morgan fingerprint density at radius 2 is 1.95 bits per heavy atom. The number of nitrogens with one attached hydrogen (secondary N) is 1. The summed E-state index contributed by atoms with van der Waals surface area (Å²) in [6, 6.07) is 7.34. The second-order valence-electron chi connectivity index (χ2n) is 4.52. The highest BCUT2D eigenvalue weighted by atomic mass is 16.5. The Kier molecular flexibility index (Phi) is 7.14. The first-order valence-corrected chi connectivity index (χ1v) is 6.51. The number of hydrogen-bond acceptors (Lipinski definition) is 5. The number of aliphatic hydroxyl groups excluding tert-OH is 2. The topological polar surface area (TPSA) is 95.4 Å². The van der Waals surface area contributed by atoms with Crippen molar-refractivity contribution < 1.29 is 19.7 Å². The molecule has 2 aromatic rings. The summed E-state index contributed by atoms with van der Waals surface area (Å²) in [5.41, 5.74) is 0.963. The van der Waals surface area contributed by atoms with E-state index in [4.69, 9.17) is 14.9 Å². The van der Waals surface area contributed by atoms with Crippen molar-refractivity contribution in [2.45, 2.75) is 20.0 Å². The normalized spacial score (nSPS) is 11.2. The van der Waals surface area contributed by atoms with Crippen molar-refractivity contribution in [3.05, 3.63) is 36.7 Å². The molecule has 0 aliphatic rings. The van der Waals surface area contributed by atoms with Gasteiger partial charge in [0.2, 0.25) is 0 Å². The quantitative estimate of drug-likeness (QED) is 0.774. The molecule has 0 bridgehead atoms. The first-order valence-electron chi connectivity index (χ1n) is 6.51. The lowest BCUT2D eigenvalue weighted by atomic mass is 10.2. The van der Waals surface area contributed by atoms with Crippen LogP contribution in [0, 0.1) is 0 Å². The van der Waals surface area contributed by atoms with Crippen molar-refractivity contribution in [2.24, 2.45) is 0 Å². The predicted molar refractivity (Wildman–Crippen MR) is 79.0 cm³/mol. The van der Waals surface area contributed by atoms with Gasteiger partial charge in [0.25, 0.3) is 0 Å². The van der Waals surface area contributed by atoms with Crippen molar-refractivity contribution in [3.8, 4) is 17.1 Å². The molecule has 6 heteroatoms. The van der Waals surface area contributed by atoms with Crippen LogP contribution < -0.4 is 4.74 Å². The summed E-state index contributed by atoms with van der Waals surface area (Å²) < 4.78 is 5.29. The number of rotatable bonds is 5. The van der Waals surface area contributed by atoms with E-state index in [1.165, 1.54) is 13.8 Å². The van der Waals surface area contributed by atoms with E-state index < -0.39 is 6.10 Å². The summed E-state index contributed by atoms with van der Waals surface area (Å²) in [5, 5.41) is 17.8. The number of ether oxygens (including phenoxy) is 1. The molecular weight excluding hydrogens is 272 g/mol. The third-order valence-electron chi connectivity index (χ3n) is 2.28. The molecule has 0 radical (unpaired) electrons. The lowest BCUT2D eigenvalue weighted by Gasteiger charge is -2.09. The maximum atomic E-state index is 9.44. The van der Waals surface area contributed by atoms with Gasteiger partial charge in [0, 0.05) is 18.0 Å². The van der Waals surface area contributed by atoms with Gasteiger partial charge in [0.15, 0.2) is 0 Å². The number of ketones is 1. The molecule has 0 amide bonds. The Balaban J connectivity index is 0.000000491. The molecule has 21 heavy (non-hydrogen) atoms. The minimum Gasteiger partial charge on any atom is -0.491 e. The Morgan fingerprint density at radius 1 is 1.33 bits per heavy atom. The van der Waals surface area contributed by atoms with Crippen LogP contribution in [0.3, 0.4) is 0 Å². The second-order valence-corrected chi connectivity index (χ2v) is 4.52. The van der Waals surface area contributed by atoms with Gasteiger partial charge >= 0.3 is 0 Å². The summed E-state index contributed by atoms with van der Waals surface area (Å²) in [4.78, 5) is 16.6. The van der Waals surface area contributed by atoms with Crippen molar-refractivity contribution in [1.82, 2.24) is 9.97 Å². The van der Waals surface area contributed by atoms with E-state index in [9.17, 15) is 4.79 Å². The van der Waals surface area contributed by atoms with Crippen molar-refractivity contribution >= 4 is 5.78 Å². The molecule has 3 N–H and O–H groups in total. The average molecular weight is 292 g/mol. The fourth-order valence-electron chi connectivity index (χ4n) is 1.38. The molecule has 2 rings (SSSR count). The molecule has 1 atom stereocenters. The summed E-state index contributed by atoms with van der Waals surface area (Å²) in [6.45, 7) is 2.83. The second kappa shape index (κ2) is 8.89. The number of aromatic amines is 1. The first-order chi connectivity index (χ1) is 10.0. The number of hydrogen-bond donors (Lipinski definition) is 3. The number of imidazole rings is 1. The Bertz CT molecular complexity index is 519. The first kappa shape index (κ1) is 16.9. The van der Waals surface area contributed by atoms with Crippen LogP contribution in [0.1, 0.15) is 13.8 Å². The van der Waals surface area contributed by atoms with E-state index in [1.54, 1.807) is 24.5 Å². The molecule has 1 aromatic carbocycles. The molecule has 6 nitrogen and oxygen atoms in total. The molecule has 0 aliphatic carbocycles. The van der Waals surface area contributed by atoms with Crippen LogP contribution >= 0.6 is 0 Å². The zero-order chi connectivity index (χ0) is 15.7. The zero-order valence-corrected chi connectivity index (χ0v) is 12.1. The number of aromatic nitrogens is 2. The lowest BCUT2D eigenvalue weighted by molar-refractivity contribution is -0.114. The fraction of sp³-hybridized carbons (Fsp3) is 0.333. The molecule has 0 spiro atoms. The van der Waals surface area contributed by atoms with Gasteiger partial charge in [-0.3, -0.25) is 0 Å². The Morgan fingerprint density at radius 3 is 2.43 bits per heavy atom. The Labute approximate surface area is 123 Å². The molecule has 0 saturated heterocycles. The van der Waals surface area contributed by atoms with Gasteiger partial charge < -0.3 is 24.7 Å².